The summed E-state index contributed by atoms with van der Waals surface area (Å²) < 4.78 is 0. The molecule has 0 spiro atoms. The van der Waals surface area contributed by atoms with Crippen molar-refractivity contribution in [3.63, 3.8) is 0 Å². The number of aliphatic hydroxyl groups is 2. The Hall–Kier alpha value is -0.520. The van der Waals surface area contributed by atoms with Crippen molar-refractivity contribution in [3.8, 4) is 11.8 Å². The predicted molar refractivity (Wildman–Crippen MR) is 29.0 cm³/mol. The first kappa shape index (κ1) is 5.61. The fraction of sp³-hybridized carbons (Fsp3) is 0.667. The zero-order chi connectivity index (χ0) is 6.04. The summed E-state index contributed by atoms with van der Waals surface area (Å²) in [7, 11) is 0. The van der Waals surface area contributed by atoms with E-state index in [1.165, 1.54) is 0 Å². The first-order chi connectivity index (χ1) is 3.77. The number of hydrogen-bond donors (Lipinski definition) is 2. The van der Waals surface area contributed by atoms with Gasteiger partial charge in [0.1, 0.15) is 5.60 Å². The third kappa shape index (κ3) is 0.835. The minimum Gasteiger partial charge on any atom is -0.392 e. The lowest BCUT2D eigenvalue weighted by atomic mass is 10.1. The molecule has 1 unspecified atom stereocenters. The minimum atomic E-state index is -1.07. The summed E-state index contributed by atoms with van der Waals surface area (Å²) in [6, 6.07) is 0. The highest BCUT2D eigenvalue weighted by Gasteiger charge is 2.24. The van der Waals surface area contributed by atoms with Crippen molar-refractivity contribution in [3.05, 3.63) is 0 Å². The maximum atomic E-state index is 9.08. The van der Waals surface area contributed by atoms with Crippen molar-refractivity contribution < 1.29 is 10.2 Å². The van der Waals surface area contributed by atoms with Crippen LogP contribution in [0.1, 0.15) is 12.8 Å². The van der Waals surface area contributed by atoms with Crippen molar-refractivity contribution in [2.45, 2.75) is 18.4 Å². The SMILES string of the molecule is OCC1(O)C#CCC1. The molecule has 0 saturated carbocycles. The van der Waals surface area contributed by atoms with E-state index in [1.54, 1.807) is 0 Å². The molecule has 1 aliphatic carbocycles. The van der Waals surface area contributed by atoms with Crippen LogP contribution in [0, 0.1) is 11.8 Å². The maximum Gasteiger partial charge on any atom is 0.149 e. The molecule has 1 aliphatic rings. The number of aliphatic hydroxyl groups excluding tert-OH is 1. The Morgan fingerprint density at radius 1 is 1.62 bits per heavy atom. The second-order valence-corrected chi connectivity index (χ2v) is 1.99. The van der Waals surface area contributed by atoms with Gasteiger partial charge in [-0.1, -0.05) is 5.92 Å². The van der Waals surface area contributed by atoms with E-state index in [1.807, 2.05) is 0 Å². The first-order valence-corrected chi connectivity index (χ1v) is 2.60. The average Bonchev–Trinajstić information content (AvgIpc) is 2.17. The van der Waals surface area contributed by atoms with Gasteiger partial charge in [-0.25, -0.2) is 0 Å². The van der Waals surface area contributed by atoms with Gasteiger partial charge in [0.05, 0.1) is 6.61 Å². The van der Waals surface area contributed by atoms with Crippen molar-refractivity contribution in [1.82, 2.24) is 0 Å². The van der Waals surface area contributed by atoms with Crippen molar-refractivity contribution >= 4 is 0 Å². The molecule has 0 amide bonds. The van der Waals surface area contributed by atoms with Crippen molar-refractivity contribution in [2.24, 2.45) is 0 Å². The summed E-state index contributed by atoms with van der Waals surface area (Å²) in [5, 5.41) is 17.5. The molecule has 0 aliphatic heterocycles. The third-order valence-corrected chi connectivity index (χ3v) is 1.25. The van der Waals surface area contributed by atoms with Crippen LogP contribution in [0.4, 0.5) is 0 Å². The van der Waals surface area contributed by atoms with E-state index in [2.05, 4.69) is 11.8 Å². The van der Waals surface area contributed by atoms with Gasteiger partial charge in [0.15, 0.2) is 0 Å². The van der Waals surface area contributed by atoms with Crippen LogP contribution in [-0.4, -0.2) is 22.4 Å². The highest BCUT2D eigenvalue weighted by Crippen LogP contribution is 2.14. The molecule has 0 aromatic heterocycles. The highest BCUT2D eigenvalue weighted by atomic mass is 16.3. The largest absolute Gasteiger partial charge is 0.392 e. The quantitative estimate of drug-likeness (QED) is 0.449. The topological polar surface area (TPSA) is 40.5 Å². The molecule has 0 saturated heterocycles. The molecule has 0 radical (unpaired) electrons. The van der Waals surface area contributed by atoms with E-state index >= 15 is 0 Å². The molecule has 0 aromatic carbocycles. The molecular formula is C6H8O2. The third-order valence-electron chi connectivity index (χ3n) is 1.25. The van der Waals surface area contributed by atoms with Gasteiger partial charge in [-0.15, -0.1) is 5.92 Å². The molecule has 1 atom stereocenters. The van der Waals surface area contributed by atoms with Crippen molar-refractivity contribution in [2.75, 3.05) is 6.61 Å². The maximum absolute atomic E-state index is 9.08. The Morgan fingerprint density at radius 2 is 2.38 bits per heavy atom. The monoisotopic (exact) mass is 112 g/mol. The van der Waals surface area contributed by atoms with Crippen LogP contribution in [0.3, 0.4) is 0 Å². The molecule has 2 heteroatoms. The number of rotatable bonds is 1. The Labute approximate surface area is 48.1 Å². The lowest BCUT2D eigenvalue weighted by Crippen LogP contribution is -2.28. The Bertz CT molecular complexity index is 142. The molecule has 44 valence electrons. The van der Waals surface area contributed by atoms with Gasteiger partial charge >= 0.3 is 0 Å². The smallest absolute Gasteiger partial charge is 0.149 e. The van der Waals surface area contributed by atoms with Crippen LogP contribution in [-0.2, 0) is 0 Å². The predicted octanol–water partition coefficient (Wildman–Crippen LogP) is -0.493. The Morgan fingerprint density at radius 3 is 2.62 bits per heavy atom. The first-order valence-electron chi connectivity index (χ1n) is 2.60. The summed E-state index contributed by atoms with van der Waals surface area (Å²) in [6.07, 6.45) is 1.26. The van der Waals surface area contributed by atoms with Crippen LogP contribution < -0.4 is 0 Å². The normalized spacial score (nSPS) is 34.2. The van der Waals surface area contributed by atoms with Gasteiger partial charge in [-0.2, -0.15) is 0 Å². The standard InChI is InChI=1S/C6H8O2/c7-5-6(8)3-1-2-4-6/h7-8H,1,3,5H2. The van der Waals surface area contributed by atoms with Crippen LogP contribution in [0.25, 0.3) is 0 Å². The summed E-state index contributed by atoms with van der Waals surface area (Å²) in [5.74, 6) is 5.24. The van der Waals surface area contributed by atoms with Crippen LogP contribution in [0.15, 0.2) is 0 Å². The van der Waals surface area contributed by atoms with Crippen LogP contribution in [0.5, 0.6) is 0 Å². The minimum absolute atomic E-state index is 0.236. The fourth-order valence-corrected chi connectivity index (χ4v) is 0.677. The molecule has 0 bridgehead atoms. The van der Waals surface area contributed by atoms with Gasteiger partial charge in [0.25, 0.3) is 0 Å². The number of hydrogen-bond acceptors (Lipinski definition) is 2. The molecule has 0 fully saturated rings. The van der Waals surface area contributed by atoms with Crippen LogP contribution in [0.2, 0.25) is 0 Å². The Balaban J connectivity index is 2.59. The second kappa shape index (κ2) is 1.77. The lowest BCUT2D eigenvalue weighted by Gasteiger charge is -2.12. The van der Waals surface area contributed by atoms with E-state index in [0.29, 0.717) is 12.8 Å². The van der Waals surface area contributed by atoms with Gasteiger partial charge in [-0.3, -0.25) is 0 Å². The van der Waals surface area contributed by atoms with E-state index < -0.39 is 5.60 Å². The highest BCUT2D eigenvalue weighted by molar-refractivity contribution is 5.20. The summed E-state index contributed by atoms with van der Waals surface area (Å²) >= 11 is 0. The molecular weight excluding hydrogens is 104 g/mol. The van der Waals surface area contributed by atoms with Crippen LogP contribution >= 0.6 is 0 Å². The van der Waals surface area contributed by atoms with Gasteiger partial charge in [-0.05, 0) is 0 Å². The van der Waals surface area contributed by atoms with E-state index in [4.69, 9.17) is 10.2 Å². The molecule has 0 heterocycles. The zero-order valence-corrected chi connectivity index (χ0v) is 4.52. The zero-order valence-electron chi connectivity index (χ0n) is 4.52. The summed E-state index contributed by atoms with van der Waals surface area (Å²) in [5.41, 5.74) is -1.07. The van der Waals surface area contributed by atoms with Gasteiger partial charge in [0, 0.05) is 12.8 Å². The van der Waals surface area contributed by atoms with E-state index in [0.717, 1.165) is 0 Å². The summed E-state index contributed by atoms with van der Waals surface area (Å²) in [6.45, 7) is -0.236. The molecule has 8 heavy (non-hydrogen) atoms. The lowest BCUT2D eigenvalue weighted by molar-refractivity contribution is 0.0342. The van der Waals surface area contributed by atoms with Gasteiger partial charge < -0.3 is 10.2 Å². The average molecular weight is 112 g/mol. The fourth-order valence-electron chi connectivity index (χ4n) is 0.677. The molecule has 0 aromatic rings. The van der Waals surface area contributed by atoms with Crippen molar-refractivity contribution in [1.29, 1.82) is 0 Å². The van der Waals surface area contributed by atoms with E-state index in [9.17, 15) is 0 Å². The molecule has 2 N–H and O–H groups in total. The summed E-state index contributed by atoms with van der Waals surface area (Å²) in [4.78, 5) is 0. The molecule has 1 rings (SSSR count). The Kier molecular flexibility index (Phi) is 1.24. The van der Waals surface area contributed by atoms with E-state index in [-0.39, 0.29) is 6.61 Å². The van der Waals surface area contributed by atoms with Gasteiger partial charge in [0.2, 0.25) is 0 Å². The molecule has 2 nitrogen and oxygen atoms in total. The second-order valence-electron chi connectivity index (χ2n) is 1.99.